The van der Waals surface area contributed by atoms with Gasteiger partial charge in [0, 0.05) is 39.4 Å². The van der Waals surface area contributed by atoms with Gasteiger partial charge in [-0.15, -0.1) is 34.9 Å². The predicted octanol–water partition coefficient (Wildman–Crippen LogP) is 8.03. The number of aromatic nitrogens is 2. The number of halogens is 1. The third-order valence-corrected chi connectivity index (χ3v) is 5.65. The topological polar surface area (TPSA) is 46.0 Å². The number of aryl methyl sites for hydroxylation is 2. The minimum Gasteiger partial charge on any atom is -0.507 e. The second kappa shape index (κ2) is 12.0. The number of nitrogens with zero attached hydrogens (tertiary/aromatic N) is 2. The Bertz CT molecular complexity index is 1500. The first-order chi connectivity index (χ1) is 17.1. The Labute approximate surface area is 226 Å². The Kier molecular flexibility index (Phi) is 8.58. The number of pyridine rings is 2. The number of benzene rings is 3. The minimum atomic E-state index is -0.618. The normalized spacial score (nSPS) is 11.2. The molecule has 0 saturated carbocycles. The third-order valence-electron chi connectivity index (χ3n) is 5.65. The summed E-state index contributed by atoms with van der Waals surface area (Å²) in [5, 5.41) is 11.7. The Morgan fingerprint density at radius 2 is 1.72 bits per heavy atom. The van der Waals surface area contributed by atoms with Crippen LogP contribution in [0.4, 0.5) is 4.39 Å². The van der Waals surface area contributed by atoms with Gasteiger partial charge in [0.15, 0.2) is 0 Å². The minimum absolute atomic E-state index is 0. The molecule has 2 heterocycles. The zero-order chi connectivity index (χ0) is 25.9. The van der Waals surface area contributed by atoms with Crippen LogP contribution in [0.15, 0.2) is 85.2 Å². The molecule has 0 aliphatic rings. The molecule has 0 aliphatic carbocycles. The summed E-state index contributed by atoms with van der Waals surface area (Å²) in [7, 11) is 0. The number of rotatable bonds is 3. The molecule has 2 aromatic heterocycles. The van der Waals surface area contributed by atoms with Crippen molar-refractivity contribution in [3.05, 3.63) is 114 Å². The molecule has 0 aliphatic heterocycles. The Balaban J connectivity index is 0.000000220. The number of aromatic hydroxyl groups is 1. The fourth-order valence-corrected chi connectivity index (χ4v) is 3.95. The molecule has 5 rings (SSSR count). The summed E-state index contributed by atoms with van der Waals surface area (Å²) in [5.74, 6) is -0.971. The van der Waals surface area contributed by atoms with Crippen molar-refractivity contribution in [2.75, 3.05) is 0 Å². The van der Waals surface area contributed by atoms with E-state index < -0.39 is 5.89 Å². The van der Waals surface area contributed by atoms with Crippen LogP contribution in [0.2, 0.25) is 0 Å². The molecule has 185 valence electrons. The van der Waals surface area contributed by atoms with Gasteiger partial charge in [-0.25, -0.2) is 4.39 Å². The number of hydrogen-bond donors (Lipinski definition) is 1. The molecule has 36 heavy (non-hydrogen) atoms. The first-order valence-corrected chi connectivity index (χ1v) is 11.4. The van der Waals surface area contributed by atoms with Crippen LogP contribution in [-0.4, -0.2) is 15.1 Å². The number of hydrogen-bond acceptors (Lipinski definition) is 3. The van der Waals surface area contributed by atoms with E-state index in [1.165, 1.54) is 23.8 Å². The van der Waals surface area contributed by atoms with Gasteiger partial charge in [0.2, 0.25) is 0 Å². The molecule has 3 nitrogen and oxygen atoms in total. The molecule has 5 aromatic rings. The van der Waals surface area contributed by atoms with Crippen molar-refractivity contribution in [2.24, 2.45) is 0 Å². The molecule has 0 bridgehead atoms. The summed E-state index contributed by atoms with van der Waals surface area (Å²) in [6, 6.07) is 24.9. The SMILES string of the molecule is Oc1ccc(F)cc1-c1ccccn1.[2H]C(C)(C)c1ccc2ccnc(-c3[c-]c(C)cc(C)c3)c2c1.[Ir]. The maximum Gasteiger partial charge on any atom is 0.125 e. The van der Waals surface area contributed by atoms with Gasteiger partial charge in [-0.05, 0) is 64.3 Å². The van der Waals surface area contributed by atoms with E-state index in [1.807, 2.05) is 32.2 Å². The maximum atomic E-state index is 12.9. The van der Waals surface area contributed by atoms with Gasteiger partial charge in [-0.2, -0.15) is 0 Å². The second-order valence-corrected chi connectivity index (χ2v) is 8.73. The van der Waals surface area contributed by atoms with Crippen LogP contribution in [0, 0.1) is 25.7 Å². The molecular formula is C31H28FIrN2O-. The van der Waals surface area contributed by atoms with E-state index in [9.17, 15) is 9.50 Å². The second-order valence-electron chi connectivity index (χ2n) is 8.73. The van der Waals surface area contributed by atoms with E-state index in [0.29, 0.717) is 11.3 Å². The summed E-state index contributed by atoms with van der Waals surface area (Å²) >= 11 is 0. The molecule has 0 unspecified atom stereocenters. The first kappa shape index (κ1) is 25.7. The fraction of sp³-hybridized carbons (Fsp3) is 0.161. The summed E-state index contributed by atoms with van der Waals surface area (Å²) in [5.41, 5.74) is 6.25. The average molecular weight is 657 g/mol. The molecule has 0 atom stereocenters. The Morgan fingerprint density at radius 1 is 0.917 bits per heavy atom. The fourth-order valence-electron chi connectivity index (χ4n) is 3.95. The number of fused-ring (bicyclic) bond motifs is 1. The van der Waals surface area contributed by atoms with Gasteiger partial charge in [-0.3, -0.25) is 4.98 Å². The smallest absolute Gasteiger partial charge is 0.125 e. The first-order valence-electron chi connectivity index (χ1n) is 11.9. The van der Waals surface area contributed by atoms with Crippen LogP contribution < -0.4 is 0 Å². The van der Waals surface area contributed by atoms with Crippen molar-refractivity contribution in [2.45, 2.75) is 33.6 Å². The van der Waals surface area contributed by atoms with E-state index in [0.717, 1.165) is 33.2 Å². The quantitative estimate of drug-likeness (QED) is 0.200. The molecule has 1 N–H and O–H groups in total. The van der Waals surface area contributed by atoms with Gasteiger partial charge in [0.1, 0.15) is 11.6 Å². The summed E-state index contributed by atoms with van der Waals surface area (Å²) in [6.45, 7) is 7.97. The number of phenolic OH excluding ortho intramolecular Hbond substituents is 1. The Morgan fingerprint density at radius 3 is 2.42 bits per heavy atom. The molecule has 0 amide bonds. The van der Waals surface area contributed by atoms with Crippen molar-refractivity contribution < 1.29 is 31.0 Å². The van der Waals surface area contributed by atoms with Crippen LogP contribution in [-0.2, 0) is 20.1 Å². The van der Waals surface area contributed by atoms with E-state index in [2.05, 4.69) is 54.1 Å². The summed E-state index contributed by atoms with van der Waals surface area (Å²) < 4.78 is 21.2. The van der Waals surface area contributed by atoms with E-state index in [4.69, 9.17) is 1.37 Å². The van der Waals surface area contributed by atoms with Crippen LogP contribution >= 0.6 is 0 Å². The van der Waals surface area contributed by atoms with Crippen LogP contribution in [0.25, 0.3) is 33.3 Å². The standard InChI is InChI=1S/C20H20N.C11H8FNO.Ir/c1-13(2)17-6-5-16-7-8-21-20(19(16)12-17)18-10-14(3)9-15(4)11-18;12-8-4-5-11(14)9(7-8)10-3-1-2-6-13-10;/h5-10,12-13H,1-4H3;1-7,14H;/q-1;;/i13D;;. The van der Waals surface area contributed by atoms with Crippen molar-refractivity contribution >= 4 is 10.8 Å². The molecule has 3 aromatic carbocycles. The Hall–Kier alpha value is -3.40. The molecule has 5 heteroatoms. The average Bonchev–Trinajstić information content (AvgIpc) is 2.84. The van der Waals surface area contributed by atoms with E-state index in [-0.39, 0.29) is 31.7 Å². The zero-order valence-electron chi connectivity index (χ0n) is 21.6. The van der Waals surface area contributed by atoms with Gasteiger partial charge in [-0.1, -0.05) is 52.0 Å². The van der Waals surface area contributed by atoms with Crippen LogP contribution in [0.1, 0.15) is 37.8 Å². The van der Waals surface area contributed by atoms with Gasteiger partial charge < -0.3 is 10.1 Å². The summed E-state index contributed by atoms with van der Waals surface area (Å²) in [4.78, 5) is 8.61. The zero-order valence-corrected chi connectivity index (χ0v) is 23.0. The largest absolute Gasteiger partial charge is 0.507 e. The molecule has 0 saturated heterocycles. The van der Waals surface area contributed by atoms with E-state index >= 15 is 0 Å². The third kappa shape index (κ3) is 6.42. The predicted molar refractivity (Wildman–Crippen MR) is 141 cm³/mol. The summed E-state index contributed by atoms with van der Waals surface area (Å²) in [6.07, 6.45) is 3.44. The van der Waals surface area contributed by atoms with Gasteiger partial charge in [0.25, 0.3) is 0 Å². The maximum absolute atomic E-state index is 12.9. The van der Waals surface area contributed by atoms with Gasteiger partial charge >= 0.3 is 0 Å². The van der Waals surface area contributed by atoms with Crippen LogP contribution in [0.3, 0.4) is 0 Å². The number of phenols is 1. The molecular weight excluding hydrogens is 628 g/mol. The van der Waals surface area contributed by atoms with Crippen LogP contribution in [0.5, 0.6) is 5.75 Å². The van der Waals surface area contributed by atoms with Gasteiger partial charge in [0.05, 0.1) is 5.69 Å². The molecule has 0 spiro atoms. The molecule has 0 fully saturated rings. The van der Waals surface area contributed by atoms with Crippen molar-refractivity contribution in [1.29, 1.82) is 0 Å². The van der Waals surface area contributed by atoms with Crippen molar-refractivity contribution in [3.8, 4) is 28.3 Å². The van der Waals surface area contributed by atoms with Crippen molar-refractivity contribution in [3.63, 3.8) is 0 Å². The monoisotopic (exact) mass is 657 g/mol. The molecule has 1 radical (unpaired) electrons. The van der Waals surface area contributed by atoms with Crippen molar-refractivity contribution in [1.82, 2.24) is 9.97 Å². The van der Waals surface area contributed by atoms with E-state index in [1.54, 1.807) is 24.4 Å².